The van der Waals surface area contributed by atoms with E-state index in [2.05, 4.69) is 46.8 Å². The van der Waals surface area contributed by atoms with Crippen molar-refractivity contribution in [3.63, 3.8) is 0 Å². The van der Waals surface area contributed by atoms with E-state index in [1.807, 2.05) is 21.9 Å². The van der Waals surface area contributed by atoms with Gasteiger partial charge in [-0.05, 0) is 48.8 Å². The maximum atomic E-state index is 13.9. The molecule has 3 atom stereocenters. The van der Waals surface area contributed by atoms with Crippen LogP contribution in [-0.2, 0) is 14.4 Å². The fourth-order valence-corrected chi connectivity index (χ4v) is 7.10. The number of ether oxygens (including phenoxy) is 3. The zero-order valence-corrected chi connectivity index (χ0v) is 28.5. The number of aliphatic carboxylic acids is 1. The molecule has 2 saturated heterocycles. The number of hydrogen-bond donors (Lipinski definition) is 1. The lowest BCUT2D eigenvalue weighted by Gasteiger charge is -2.31. The second-order valence-corrected chi connectivity index (χ2v) is 14.8. The van der Waals surface area contributed by atoms with Gasteiger partial charge in [-0.3, -0.25) is 19.3 Å². The summed E-state index contributed by atoms with van der Waals surface area (Å²) in [5, 5.41) is 10.7. The molecule has 11 nitrogen and oxygen atoms in total. The van der Waals surface area contributed by atoms with Crippen LogP contribution in [0.1, 0.15) is 70.8 Å². The molecule has 0 spiro atoms. The van der Waals surface area contributed by atoms with Crippen LogP contribution in [0.5, 0.6) is 17.2 Å². The van der Waals surface area contributed by atoms with Gasteiger partial charge in [-0.1, -0.05) is 27.2 Å². The van der Waals surface area contributed by atoms with Crippen LogP contribution in [0.4, 0.5) is 0 Å². The van der Waals surface area contributed by atoms with Gasteiger partial charge >= 0.3 is 5.97 Å². The van der Waals surface area contributed by atoms with Crippen molar-refractivity contribution in [2.75, 3.05) is 80.9 Å². The molecule has 4 rings (SSSR count). The summed E-state index contributed by atoms with van der Waals surface area (Å²) in [6.07, 6.45) is 4.84. The van der Waals surface area contributed by atoms with Gasteiger partial charge in [-0.2, -0.15) is 0 Å². The van der Waals surface area contributed by atoms with Crippen LogP contribution in [0.3, 0.4) is 0 Å². The predicted molar refractivity (Wildman–Crippen MR) is 172 cm³/mol. The lowest BCUT2D eigenvalue weighted by molar-refractivity contribution is -0.870. The van der Waals surface area contributed by atoms with Gasteiger partial charge in [0.15, 0.2) is 11.5 Å². The molecule has 0 saturated carbocycles. The smallest absolute Gasteiger partial charge is 0.308 e. The number of nitrogens with zero attached hydrogens (tertiary/aromatic N) is 4. The Balaban J connectivity index is 1.58. The van der Waals surface area contributed by atoms with Crippen LogP contribution in [-0.4, -0.2) is 129 Å². The quantitative estimate of drug-likeness (QED) is 0.218. The monoisotopic (exact) mass is 631 g/mol. The van der Waals surface area contributed by atoms with Gasteiger partial charge in [0.05, 0.1) is 47.3 Å². The maximum absolute atomic E-state index is 13.9. The van der Waals surface area contributed by atoms with Crippen molar-refractivity contribution in [2.45, 2.75) is 71.3 Å². The van der Waals surface area contributed by atoms with Crippen molar-refractivity contribution in [3.8, 4) is 17.2 Å². The average Bonchev–Trinajstić information content (AvgIpc) is 3.64. The van der Waals surface area contributed by atoms with Crippen LogP contribution in [0.2, 0.25) is 0 Å². The number of carbonyl (C=O) groups excluding carboxylic acids is 2. The van der Waals surface area contributed by atoms with E-state index in [9.17, 15) is 19.5 Å². The fraction of sp³-hybridized carbons (Fsp3) is 0.735. The van der Waals surface area contributed by atoms with Crippen molar-refractivity contribution in [1.82, 2.24) is 14.7 Å². The molecule has 0 radical (unpaired) electrons. The molecule has 3 aliphatic heterocycles. The number of carboxylic acid groups (broad SMARTS) is 1. The zero-order valence-electron chi connectivity index (χ0n) is 28.5. The zero-order chi connectivity index (χ0) is 32.9. The Morgan fingerprint density at radius 1 is 1.13 bits per heavy atom. The molecule has 3 aliphatic rings. The Kier molecular flexibility index (Phi) is 11.3. The molecule has 0 aliphatic carbocycles. The number of carbonyl (C=O) groups is 3. The molecule has 11 heteroatoms. The normalized spacial score (nSPS) is 22.7. The number of methoxy groups -OCH3 is 1. The van der Waals surface area contributed by atoms with Crippen molar-refractivity contribution in [3.05, 3.63) is 17.7 Å². The number of rotatable bonds is 16. The van der Waals surface area contributed by atoms with Gasteiger partial charge in [0, 0.05) is 51.1 Å². The van der Waals surface area contributed by atoms with E-state index in [1.165, 1.54) is 0 Å². The van der Waals surface area contributed by atoms with Crippen LogP contribution in [0.25, 0.3) is 0 Å². The number of fused-ring (bicyclic) bond motifs is 1. The highest BCUT2D eigenvalue weighted by atomic mass is 16.7. The molecule has 2 fully saturated rings. The van der Waals surface area contributed by atoms with E-state index in [1.54, 1.807) is 7.11 Å². The molecule has 3 heterocycles. The number of quaternary nitrogens is 1. The summed E-state index contributed by atoms with van der Waals surface area (Å²) in [6.45, 7) is 10.5. The van der Waals surface area contributed by atoms with Crippen molar-refractivity contribution in [2.24, 2.45) is 11.3 Å². The fourth-order valence-electron chi connectivity index (χ4n) is 7.10. The number of unbranched alkanes of at least 4 members (excludes halogenated alkanes) is 2. The van der Waals surface area contributed by atoms with Gasteiger partial charge in [0.1, 0.15) is 0 Å². The first-order chi connectivity index (χ1) is 21.2. The Morgan fingerprint density at radius 3 is 2.49 bits per heavy atom. The lowest BCUT2D eigenvalue weighted by Crippen LogP contribution is -2.46. The van der Waals surface area contributed by atoms with Gasteiger partial charge in [0.25, 0.3) is 0 Å². The summed E-state index contributed by atoms with van der Waals surface area (Å²) < 4.78 is 17.7. The molecule has 1 aromatic carbocycles. The first kappa shape index (κ1) is 34.8. The number of hydrogen-bond acceptors (Lipinski definition) is 7. The van der Waals surface area contributed by atoms with E-state index in [0.29, 0.717) is 62.8 Å². The number of amides is 2. The highest BCUT2D eigenvalue weighted by Gasteiger charge is 2.48. The minimum atomic E-state index is -0.909. The summed E-state index contributed by atoms with van der Waals surface area (Å²) in [6, 6.07) is 3.27. The average molecular weight is 632 g/mol. The van der Waals surface area contributed by atoms with Crippen LogP contribution in [0, 0.1) is 11.3 Å². The first-order valence-electron chi connectivity index (χ1n) is 16.5. The summed E-state index contributed by atoms with van der Waals surface area (Å²) in [5.74, 6) is -0.405. The van der Waals surface area contributed by atoms with E-state index < -0.39 is 23.8 Å². The molecule has 1 N–H and O–H groups in total. The Bertz CT molecular complexity index is 1210. The third-order valence-electron chi connectivity index (χ3n) is 9.42. The number of carboxylic acids is 1. The molecular formula is C34H55N4O7+. The van der Waals surface area contributed by atoms with Gasteiger partial charge < -0.3 is 33.6 Å². The molecule has 2 amide bonds. The highest BCUT2D eigenvalue weighted by molar-refractivity contribution is 5.80. The van der Waals surface area contributed by atoms with Gasteiger partial charge in [-0.25, -0.2) is 0 Å². The van der Waals surface area contributed by atoms with Crippen molar-refractivity contribution < 1.29 is 38.2 Å². The maximum Gasteiger partial charge on any atom is 0.308 e. The minimum Gasteiger partial charge on any atom is -0.493 e. The van der Waals surface area contributed by atoms with E-state index in [4.69, 9.17) is 14.2 Å². The summed E-state index contributed by atoms with van der Waals surface area (Å²) in [7, 11) is 8.08. The number of likely N-dealkylation sites (tertiary alicyclic amines) is 2. The molecule has 0 aromatic heterocycles. The second-order valence-electron chi connectivity index (χ2n) is 14.8. The van der Waals surface area contributed by atoms with Crippen LogP contribution < -0.4 is 14.2 Å². The molecular weight excluding hydrogens is 576 g/mol. The lowest BCUT2D eigenvalue weighted by atomic mass is 9.84. The summed E-state index contributed by atoms with van der Waals surface area (Å²) in [5.41, 5.74) is 0.677. The van der Waals surface area contributed by atoms with Gasteiger partial charge in [0.2, 0.25) is 24.4 Å². The standard InChI is InChI=1S/C34H54N4O7/c1-8-9-13-35(14-10-11-16-38(4,5)6)30(40)21-37-20-25(24-17-27(43-7)32-28(18-24)44-23-45-32)31(33(41)42)26(37)12-15-36-22-34(2,3)19-29(36)39/h17-18,25-26,31H,8-16,19-23H2,1-7H3/p+1/t25-,26+,31?/m1/s1. The van der Waals surface area contributed by atoms with Crippen molar-refractivity contribution in [1.29, 1.82) is 0 Å². The van der Waals surface area contributed by atoms with E-state index in [0.717, 1.165) is 42.3 Å². The SMILES string of the molecule is CCCCN(CCCC[N+](C)(C)C)C(=O)CN1C[C@H](c2cc(OC)c3c(c2)OCO3)C(C(=O)O)[C@@H]1CCN1CC(C)(C)CC1=O. The molecule has 45 heavy (non-hydrogen) atoms. The largest absolute Gasteiger partial charge is 0.493 e. The third-order valence-corrected chi connectivity index (χ3v) is 9.42. The highest BCUT2D eigenvalue weighted by Crippen LogP contribution is 2.47. The Morgan fingerprint density at radius 2 is 1.87 bits per heavy atom. The van der Waals surface area contributed by atoms with Crippen LogP contribution in [0.15, 0.2) is 12.1 Å². The third kappa shape index (κ3) is 8.82. The van der Waals surface area contributed by atoms with Crippen molar-refractivity contribution >= 4 is 17.8 Å². The molecule has 1 aromatic rings. The van der Waals surface area contributed by atoms with E-state index in [-0.39, 0.29) is 30.6 Å². The first-order valence-corrected chi connectivity index (χ1v) is 16.5. The Labute approximate surface area is 269 Å². The molecule has 1 unspecified atom stereocenters. The number of benzene rings is 1. The second kappa shape index (κ2) is 14.6. The van der Waals surface area contributed by atoms with E-state index >= 15 is 0 Å². The van der Waals surface area contributed by atoms with Gasteiger partial charge in [-0.15, -0.1) is 0 Å². The topological polar surface area (TPSA) is 109 Å². The molecule has 0 bridgehead atoms. The predicted octanol–water partition coefficient (Wildman–Crippen LogP) is 3.66. The Hall–Kier alpha value is -3.05. The summed E-state index contributed by atoms with van der Waals surface area (Å²) in [4.78, 5) is 45.6. The minimum absolute atomic E-state index is 0.0325. The van der Waals surface area contributed by atoms with Crippen LogP contribution >= 0.6 is 0 Å². The summed E-state index contributed by atoms with van der Waals surface area (Å²) >= 11 is 0. The molecule has 252 valence electrons.